The normalized spacial score (nSPS) is 14.1. The first-order chi connectivity index (χ1) is 31.6. The van der Waals surface area contributed by atoms with Crippen LogP contribution in [0.15, 0.2) is 72.9 Å². The lowest BCUT2D eigenvalue weighted by Gasteiger charge is -2.28. The second kappa shape index (κ2) is 48.4. The topological polar surface area (TPSA) is 94.1 Å². The fourth-order valence-electron chi connectivity index (χ4n) is 7.16. The third kappa shape index (κ3) is 52.8. The molecule has 0 saturated heterocycles. The molecule has 9 heteroatoms. The molecule has 0 aromatic carbocycles. The first kappa shape index (κ1) is 62.9. The summed E-state index contributed by atoms with van der Waals surface area (Å²) in [6.45, 7) is 5.28. The Bertz CT molecular complexity index is 1270. The molecular weight excluding hydrogens is 830 g/mol. The summed E-state index contributed by atoms with van der Waals surface area (Å²) in [6.07, 6.45) is 63.5. The molecule has 0 aliphatic heterocycles. The van der Waals surface area contributed by atoms with Gasteiger partial charge >= 0.3 is 5.97 Å². The Hall–Kier alpha value is -2.06. The van der Waals surface area contributed by atoms with Gasteiger partial charge in [0.2, 0.25) is 0 Å². The summed E-state index contributed by atoms with van der Waals surface area (Å²) in [7, 11) is 1.34. The number of rotatable bonds is 49. The minimum atomic E-state index is -4.54. The van der Waals surface area contributed by atoms with Crippen LogP contribution in [0.2, 0.25) is 0 Å². The van der Waals surface area contributed by atoms with Crippen LogP contribution in [0.3, 0.4) is 0 Å². The van der Waals surface area contributed by atoms with Crippen molar-refractivity contribution in [1.29, 1.82) is 0 Å². The van der Waals surface area contributed by atoms with E-state index in [0.29, 0.717) is 24.1 Å². The zero-order chi connectivity index (χ0) is 47.6. The minimum absolute atomic E-state index is 0.0210. The van der Waals surface area contributed by atoms with Gasteiger partial charge < -0.3 is 27.9 Å². The summed E-state index contributed by atoms with van der Waals surface area (Å²) in [5.41, 5.74) is 0. The van der Waals surface area contributed by atoms with Gasteiger partial charge in [-0.05, 0) is 83.5 Å². The molecule has 0 aliphatic carbocycles. The lowest BCUT2D eigenvalue weighted by atomic mass is 10.1. The number of carbonyl (C=O) groups is 1. The Balaban J connectivity index is 4.15. The highest BCUT2D eigenvalue weighted by atomic mass is 31.2. The highest BCUT2D eigenvalue weighted by Gasteiger charge is 2.20. The maximum absolute atomic E-state index is 12.8. The van der Waals surface area contributed by atoms with Gasteiger partial charge in [0.05, 0.1) is 34.4 Å². The van der Waals surface area contributed by atoms with Crippen LogP contribution in [0.1, 0.15) is 219 Å². The van der Waals surface area contributed by atoms with Gasteiger partial charge in [-0.3, -0.25) is 9.36 Å². The van der Waals surface area contributed by atoms with Crippen molar-refractivity contribution in [3.05, 3.63) is 72.9 Å². The van der Waals surface area contributed by atoms with E-state index < -0.39 is 13.9 Å². The highest BCUT2D eigenvalue weighted by molar-refractivity contribution is 7.45. The standard InChI is InChI=1S/C56H102NO7P/c1-6-8-10-12-14-16-18-20-22-24-26-28-30-32-34-36-38-40-42-44-46-48-51-61-53-55(54-63-65(59,60)62-52-50-57(3,4)5)64-56(58)49-47-45-43-41-39-37-35-33-31-29-27-25-23-21-19-17-15-13-11-9-7-2/h8,10,14,16,19-22,25-28,55H,6-7,9,11-13,15,17-18,23-24,29-54H2,1-5H3/b10-8-,16-14-,21-19-,22-20-,27-25-,28-26-. The third-order valence-corrected chi connectivity index (χ3v) is 12.2. The predicted octanol–water partition coefficient (Wildman–Crippen LogP) is 16.0. The van der Waals surface area contributed by atoms with E-state index in [9.17, 15) is 14.3 Å². The van der Waals surface area contributed by atoms with Crippen molar-refractivity contribution in [2.24, 2.45) is 0 Å². The van der Waals surface area contributed by atoms with Crippen LogP contribution in [0.4, 0.5) is 0 Å². The molecule has 0 aromatic rings. The second-order valence-electron chi connectivity index (χ2n) is 18.9. The number of hydrogen-bond donors (Lipinski definition) is 0. The first-order valence-corrected chi connectivity index (χ1v) is 28.1. The molecule has 0 fully saturated rings. The van der Waals surface area contributed by atoms with E-state index in [1.807, 2.05) is 21.1 Å². The number of phosphoric acid groups is 1. The smallest absolute Gasteiger partial charge is 0.306 e. The molecule has 378 valence electrons. The van der Waals surface area contributed by atoms with E-state index in [-0.39, 0.29) is 25.8 Å². The molecule has 0 bridgehead atoms. The van der Waals surface area contributed by atoms with Crippen LogP contribution >= 0.6 is 7.82 Å². The Morgan fingerprint density at radius 2 is 0.892 bits per heavy atom. The van der Waals surface area contributed by atoms with E-state index >= 15 is 0 Å². The SMILES string of the molecule is CC/C=C\C/C=C\C/C=C\C/C=C\CCCCCCCCCCCOCC(COP(=O)([O-])OCC[N+](C)(C)C)OC(=O)CCCCCCCCCCC/C=C\C/C=C\CCCCCCC. The summed E-state index contributed by atoms with van der Waals surface area (Å²) < 4.78 is 34.8. The molecule has 0 rings (SSSR count). The van der Waals surface area contributed by atoms with Crippen molar-refractivity contribution >= 4 is 13.8 Å². The quantitative estimate of drug-likeness (QED) is 0.0197. The molecule has 2 atom stereocenters. The van der Waals surface area contributed by atoms with Crippen molar-refractivity contribution < 1.29 is 37.3 Å². The molecule has 0 heterocycles. The summed E-state index contributed by atoms with van der Waals surface area (Å²) >= 11 is 0. The monoisotopic (exact) mass is 932 g/mol. The van der Waals surface area contributed by atoms with Gasteiger partial charge in [-0.1, -0.05) is 202 Å². The molecule has 0 aliphatic rings. The summed E-state index contributed by atoms with van der Waals surface area (Å²) in [5, 5.41) is 0. The lowest BCUT2D eigenvalue weighted by molar-refractivity contribution is -0.870. The largest absolute Gasteiger partial charge is 0.756 e. The zero-order valence-electron chi connectivity index (χ0n) is 42.9. The molecule has 0 spiro atoms. The number of carbonyl (C=O) groups excluding carboxylic acids is 1. The number of ether oxygens (including phenoxy) is 2. The minimum Gasteiger partial charge on any atom is -0.756 e. The first-order valence-electron chi connectivity index (χ1n) is 26.7. The number of nitrogens with zero attached hydrogens (tertiary/aromatic N) is 1. The summed E-state index contributed by atoms with van der Waals surface area (Å²) in [6, 6.07) is 0. The fraction of sp³-hybridized carbons (Fsp3) is 0.768. The third-order valence-electron chi connectivity index (χ3n) is 11.2. The molecular formula is C56H102NO7P. The van der Waals surface area contributed by atoms with E-state index in [1.165, 1.54) is 135 Å². The lowest BCUT2D eigenvalue weighted by Crippen LogP contribution is -2.37. The number of likely N-dealkylation sites (N-methyl/N-ethyl adjacent to an activating group) is 1. The highest BCUT2D eigenvalue weighted by Crippen LogP contribution is 2.38. The van der Waals surface area contributed by atoms with Gasteiger partial charge in [-0.25, -0.2) is 0 Å². The van der Waals surface area contributed by atoms with E-state index in [2.05, 4.69) is 86.8 Å². The molecule has 0 aromatic heterocycles. The van der Waals surface area contributed by atoms with Gasteiger partial charge in [0, 0.05) is 13.0 Å². The van der Waals surface area contributed by atoms with Crippen LogP contribution in [-0.4, -0.2) is 70.7 Å². The van der Waals surface area contributed by atoms with Crippen molar-refractivity contribution in [1.82, 2.24) is 0 Å². The number of esters is 1. The summed E-state index contributed by atoms with van der Waals surface area (Å²) in [5.74, 6) is -0.341. The maximum Gasteiger partial charge on any atom is 0.306 e. The van der Waals surface area contributed by atoms with Gasteiger partial charge in [-0.15, -0.1) is 0 Å². The van der Waals surface area contributed by atoms with Crippen LogP contribution < -0.4 is 4.89 Å². The number of quaternary nitrogens is 1. The van der Waals surface area contributed by atoms with Crippen molar-refractivity contribution in [2.75, 3.05) is 54.1 Å². The van der Waals surface area contributed by atoms with E-state index in [4.69, 9.17) is 18.5 Å². The Labute approximate surface area is 402 Å². The molecule has 0 saturated carbocycles. The van der Waals surface area contributed by atoms with Crippen molar-refractivity contribution in [2.45, 2.75) is 225 Å². The van der Waals surface area contributed by atoms with Gasteiger partial charge in [0.1, 0.15) is 19.3 Å². The Kier molecular flexibility index (Phi) is 46.9. The number of allylic oxidation sites excluding steroid dienone is 12. The molecule has 0 N–H and O–H groups in total. The Morgan fingerprint density at radius 3 is 1.34 bits per heavy atom. The van der Waals surface area contributed by atoms with Crippen molar-refractivity contribution in [3.8, 4) is 0 Å². The van der Waals surface area contributed by atoms with E-state index in [1.54, 1.807) is 0 Å². The number of phosphoric ester groups is 1. The van der Waals surface area contributed by atoms with Crippen LogP contribution in [0.5, 0.6) is 0 Å². The fourth-order valence-corrected chi connectivity index (χ4v) is 7.89. The van der Waals surface area contributed by atoms with Gasteiger partial charge in [0.15, 0.2) is 0 Å². The summed E-state index contributed by atoms with van der Waals surface area (Å²) in [4.78, 5) is 25.2. The van der Waals surface area contributed by atoms with Crippen molar-refractivity contribution in [3.63, 3.8) is 0 Å². The average Bonchev–Trinajstić information content (AvgIpc) is 3.27. The van der Waals surface area contributed by atoms with Gasteiger partial charge in [0.25, 0.3) is 7.82 Å². The zero-order valence-corrected chi connectivity index (χ0v) is 43.8. The van der Waals surface area contributed by atoms with E-state index in [0.717, 1.165) is 64.2 Å². The predicted molar refractivity (Wildman–Crippen MR) is 277 cm³/mol. The molecule has 65 heavy (non-hydrogen) atoms. The number of hydrogen-bond acceptors (Lipinski definition) is 7. The average molecular weight is 932 g/mol. The van der Waals surface area contributed by atoms with Gasteiger partial charge in [-0.2, -0.15) is 0 Å². The molecule has 8 nitrogen and oxygen atoms in total. The number of unbranched alkanes of at least 4 members (excludes halogenated alkanes) is 23. The molecule has 0 amide bonds. The Morgan fingerprint density at radius 1 is 0.492 bits per heavy atom. The molecule has 2 unspecified atom stereocenters. The molecule has 0 radical (unpaired) electrons. The second-order valence-corrected chi connectivity index (χ2v) is 20.3. The van der Waals surface area contributed by atoms with Crippen LogP contribution in [0, 0.1) is 0 Å². The maximum atomic E-state index is 12.8. The van der Waals surface area contributed by atoms with Crippen LogP contribution in [0.25, 0.3) is 0 Å². The van der Waals surface area contributed by atoms with Crippen LogP contribution in [-0.2, 0) is 27.9 Å².